The molecule has 26 heavy (non-hydrogen) atoms. The van der Waals surface area contributed by atoms with Crippen LogP contribution in [0.2, 0.25) is 0 Å². The number of rotatable bonds is 3. The van der Waals surface area contributed by atoms with Crippen molar-refractivity contribution < 1.29 is 4.79 Å². The number of hydrogen-bond donors (Lipinski definition) is 1. The lowest BCUT2D eigenvalue weighted by Gasteiger charge is -2.25. The number of carbonyl (C=O) groups excluding carboxylic acids is 1. The summed E-state index contributed by atoms with van der Waals surface area (Å²) in [5.41, 5.74) is 3.49. The molecule has 0 saturated carbocycles. The first kappa shape index (κ1) is 16.7. The van der Waals surface area contributed by atoms with Gasteiger partial charge in [0.15, 0.2) is 0 Å². The average Bonchev–Trinajstić information content (AvgIpc) is 3.03. The highest BCUT2D eigenvalue weighted by Crippen LogP contribution is 2.20. The third-order valence-electron chi connectivity index (χ3n) is 5.08. The molecule has 0 unspecified atom stereocenters. The van der Waals surface area contributed by atoms with Gasteiger partial charge in [-0.15, -0.1) is 10.2 Å². The Kier molecular flexibility index (Phi) is 4.18. The van der Waals surface area contributed by atoms with Crippen LogP contribution in [-0.4, -0.2) is 31.7 Å². The molecule has 0 aliphatic carbocycles. The van der Waals surface area contributed by atoms with E-state index in [-0.39, 0.29) is 11.9 Å². The second-order valence-electron chi connectivity index (χ2n) is 7.02. The van der Waals surface area contributed by atoms with Crippen LogP contribution in [0.4, 0.5) is 0 Å². The Labute approximate surface area is 152 Å². The molecule has 1 aromatic carbocycles. The summed E-state index contributed by atoms with van der Waals surface area (Å²) >= 11 is 0. The van der Waals surface area contributed by atoms with Crippen LogP contribution in [0.15, 0.2) is 24.3 Å². The van der Waals surface area contributed by atoms with Crippen LogP contribution in [0, 0.1) is 13.8 Å². The van der Waals surface area contributed by atoms with E-state index in [1.54, 1.807) is 0 Å². The Balaban J connectivity index is 1.57. The van der Waals surface area contributed by atoms with Gasteiger partial charge in [-0.3, -0.25) is 9.78 Å². The number of amides is 1. The number of aromatic nitrogens is 4. The minimum absolute atomic E-state index is 0.0574. The van der Waals surface area contributed by atoms with Gasteiger partial charge in [0.25, 0.3) is 5.91 Å². The molecule has 0 spiro atoms. The zero-order valence-electron chi connectivity index (χ0n) is 15.4. The summed E-state index contributed by atoms with van der Waals surface area (Å²) < 4.78 is 2.14. The number of fused-ring (bicyclic) bond motifs is 2. The average molecular weight is 349 g/mol. The first-order valence-corrected chi connectivity index (χ1v) is 9.15. The fourth-order valence-corrected chi connectivity index (χ4v) is 3.65. The molecule has 1 aliphatic rings. The number of pyridine rings is 1. The number of nitrogens with zero attached hydrogens (tertiary/aromatic N) is 4. The molecule has 134 valence electrons. The van der Waals surface area contributed by atoms with Crippen molar-refractivity contribution in [3.05, 3.63) is 52.7 Å². The summed E-state index contributed by atoms with van der Waals surface area (Å²) in [7, 11) is 0. The number of aryl methyl sites for hydroxylation is 4. The first-order valence-electron chi connectivity index (χ1n) is 9.15. The van der Waals surface area contributed by atoms with Crippen LogP contribution >= 0.6 is 0 Å². The van der Waals surface area contributed by atoms with Gasteiger partial charge in [-0.25, -0.2) is 0 Å². The highest BCUT2D eigenvalue weighted by atomic mass is 16.1. The van der Waals surface area contributed by atoms with Crippen LogP contribution in [0.1, 0.15) is 46.6 Å². The molecule has 2 aromatic heterocycles. The van der Waals surface area contributed by atoms with Crippen molar-refractivity contribution >= 4 is 16.8 Å². The van der Waals surface area contributed by atoms with E-state index < -0.39 is 0 Å². The standard InChI is InChI=1S/C20H23N5O/c1-4-18-23-24-19-8-6-15(11-25(18)19)22-20(26)16-10-14-9-12(2)5-7-17(14)21-13(16)3/h5,7,9-10,15H,4,6,8,11H2,1-3H3,(H,22,26)/t15-/m0/s1. The van der Waals surface area contributed by atoms with Gasteiger partial charge >= 0.3 is 0 Å². The minimum atomic E-state index is -0.0574. The van der Waals surface area contributed by atoms with E-state index in [9.17, 15) is 4.79 Å². The predicted octanol–water partition coefficient (Wildman–Crippen LogP) is 2.75. The quantitative estimate of drug-likeness (QED) is 0.789. The molecule has 6 nitrogen and oxygen atoms in total. The van der Waals surface area contributed by atoms with Crippen LogP contribution in [-0.2, 0) is 19.4 Å². The molecule has 1 amide bonds. The van der Waals surface area contributed by atoms with Crippen molar-refractivity contribution in [1.82, 2.24) is 25.1 Å². The molecule has 1 N–H and O–H groups in total. The Morgan fingerprint density at radius 2 is 2.12 bits per heavy atom. The second kappa shape index (κ2) is 6.52. The van der Waals surface area contributed by atoms with Crippen LogP contribution in [0.25, 0.3) is 10.9 Å². The zero-order chi connectivity index (χ0) is 18.3. The van der Waals surface area contributed by atoms with Gasteiger partial charge in [0.2, 0.25) is 0 Å². The van der Waals surface area contributed by atoms with E-state index in [0.29, 0.717) is 5.56 Å². The van der Waals surface area contributed by atoms with E-state index >= 15 is 0 Å². The third kappa shape index (κ3) is 2.96. The third-order valence-corrected chi connectivity index (χ3v) is 5.08. The SMILES string of the molecule is CCc1nnc2n1C[C@@H](NC(=O)c1cc3cc(C)ccc3nc1C)CC2. The van der Waals surface area contributed by atoms with Crippen molar-refractivity contribution in [2.24, 2.45) is 0 Å². The lowest BCUT2D eigenvalue weighted by atomic mass is 10.0. The Bertz CT molecular complexity index is 978. The van der Waals surface area contributed by atoms with E-state index in [1.165, 1.54) is 0 Å². The van der Waals surface area contributed by atoms with Crippen LogP contribution in [0.5, 0.6) is 0 Å². The van der Waals surface area contributed by atoms with E-state index in [1.807, 2.05) is 32.0 Å². The van der Waals surface area contributed by atoms with Gasteiger partial charge < -0.3 is 9.88 Å². The summed E-state index contributed by atoms with van der Waals surface area (Å²) in [5, 5.41) is 12.7. The van der Waals surface area contributed by atoms with Crippen molar-refractivity contribution in [3.63, 3.8) is 0 Å². The molecule has 4 rings (SSSR count). The summed E-state index contributed by atoms with van der Waals surface area (Å²) in [4.78, 5) is 17.5. The maximum atomic E-state index is 12.9. The number of carbonyl (C=O) groups is 1. The normalized spacial score (nSPS) is 16.5. The lowest BCUT2D eigenvalue weighted by Crippen LogP contribution is -2.41. The van der Waals surface area contributed by atoms with Gasteiger partial charge in [0.05, 0.1) is 16.8 Å². The number of benzene rings is 1. The molecule has 0 saturated heterocycles. The maximum absolute atomic E-state index is 12.9. The second-order valence-corrected chi connectivity index (χ2v) is 7.02. The van der Waals surface area contributed by atoms with Gasteiger partial charge in [0.1, 0.15) is 11.6 Å². The summed E-state index contributed by atoms with van der Waals surface area (Å²) in [5.74, 6) is 1.95. The van der Waals surface area contributed by atoms with Crippen molar-refractivity contribution in [2.75, 3.05) is 0 Å². The maximum Gasteiger partial charge on any atom is 0.253 e. The zero-order valence-corrected chi connectivity index (χ0v) is 15.4. The molecular weight excluding hydrogens is 326 g/mol. The molecule has 1 atom stereocenters. The molecule has 0 fully saturated rings. The smallest absolute Gasteiger partial charge is 0.253 e. The van der Waals surface area contributed by atoms with E-state index in [0.717, 1.165) is 59.6 Å². The molecule has 6 heteroatoms. The van der Waals surface area contributed by atoms with Crippen molar-refractivity contribution in [3.8, 4) is 0 Å². The molecule has 0 bridgehead atoms. The molecule has 1 aliphatic heterocycles. The van der Waals surface area contributed by atoms with Gasteiger partial charge in [-0.2, -0.15) is 0 Å². The monoisotopic (exact) mass is 349 g/mol. The van der Waals surface area contributed by atoms with Crippen molar-refractivity contribution in [2.45, 2.75) is 52.6 Å². The van der Waals surface area contributed by atoms with E-state index in [4.69, 9.17) is 0 Å². The number of hydrogen-bond acceptors (Lipinski definition) is 4. The van der Waals surface area contributed by atoms with Crippen LogP contribution in [0.3, 0.4) is 0 Å². The summed E-state index contributed by atoms with van der Waals surface area (Å²) in [6, 6.07) is 8.14. The Morgan fingerprint density at radius 1 is 1.27 bits per heavy atom. The Morgan fingerprint density at radius 3 is 2.92 bits per heavy atom. The molecule has 3 heterocycles. The molecule has 0 radical (unpaired) electrons. The van der Waals surface area contributed by atoms with Crippen molar-refractivity contribution in [1.29, 1.82) is 0 Å². The predicted molar refractivity (Wildman–Crippen MR) is 100 cm³/mol. The van der Waals surface area contributed by atoms with Gasteiger partial charge in [-0.05, 0) is 38.5 Å². The largest absolute Gasteiger partial charge is 0.347 e. The molecule has 3 aromatic rings. The summed E-state index contributed by atoms with van der Waals surface area (Å²) in [6.45, 7) is 6.74. The first-order chi connectivity index (χ1) is 12.5. The summed E-state index contributed by atoms with van der Waals surface area (Å²) in [6.07, 6.45) is 2.57. The molecular formula is C20H23N5O. The van der Waals surface area contributed by atoms with E-state index in [2.05, 4.69) is 38.1 Å². The van der Waals surface area contributed by atoms with Gasteiger partial charge in [-0.1, -0.05) is 18.6 Å². The Hall–Kier alpha value is -2.76. The van der Waals surface area contributed by atoms with Gasteiger partial charge in [0, 0.05) is 30.8 Å². The topological polar surface area (TPSA) is 72.7 Å². The fourth-order valence-electron chi connectivity index (χ4n) is 3.65. The van der Waals surface area contributed by atoms with Crippen LogP contribution < -0.4 is 5.32 Å². The lowest BCUT2D eigenvalue weighted by molar-refractivity contribution is 0.0926. The minimum Gasteiger partial charge on any atom is -0.347 e. The number of nitrogens with one attached hydrogen (secondary N) is 1. The highest BCUT2D eigenvalue weighted by Gasteiger charge is 2.24. The fraction of sp³-hybridized carbons (Fsp3) is 0.400. The highest BCUT2D eigenvalue weighted by molar-refractivity contribution is 5.98.